The first-order valence-corrected chi connectivity index (χ1v) is 8.32. The Morgan fingerprint density at radius 2 is 2.05 bits per heavy atom. The highest BCUT2D eigenvalue weighted by molar-refractivity contribution is 5.74. The molecule has 1 saturated carbocycles. The quantitative estimate of drug-likeness (QED) is 0.903. The second-order valence-corrected chi connectivity index (χ2v) is 6.94. The van der Waals surface area contributed by atoms with Crippen molar-refractivity contribution in [3.63, 3.8) is 0 Å². The molecule has 1 aromatic heterocycles. The van der Waals surface area contributed by atoms with Gasteiger partial charge in [-0.3, -0.25) is 0 Å². The number of fused-ring (bicyclic) bond motifs is 2. The van der Waals surface area contributed by atoms with Crippen LogP contribution in [0.1, 0.15) is 31.5 Å². The first kappa shape index (κ1) is 13.2. The Kier molecular flexibility index (Phi) is 3.36. The first-order chi connectivity index (χ1) is 10.3. The lowest BCUT2D eigenvalue weighted by atomic mass is 9.99. The van der Waals surface area contributed by atoms with E-state index in [0.29, 0.717) is 5.92 Å². The average Bonchev–Trinajstić information content (AvgIpc) is 3.18. The van der Waals surface area contributed by atoms with E-state index in [1.54, 1.807) is 0 Å². The second kappa shape index (κ2) is 5.35. The molecule has 0 spiro atoms. The van der Waals surface area contributed by atoms with Crippen LogP contribution < -0.4 is 5.32 Å². The molecule has 2 amide bonds. The van der Waals surface area contributed by atoms with Crippen LogP contribution in [0.15, 0.2) is 12.4 Å². The molecular formula is C16H24N4O. The maximum atomic E-state index is 12.3. The van der Waals surface area contributed by atoms with Gasteiger partial charge in [-0.15, -0.1) is 0 Å². The number of carbonyl (C=O) groups is 1. The highest BCUT2D eigenvalue weighted by Gasteiger charge is 2.38. The van der Waals surface area contributed by atoms with E-state index in [0.717, 1.165) is 50.9 Å². The number of likely N-dealkylation sites (tertiary alicyclic amines) is 1. The second-order valence-electron chi connectivity index (χ2n) is 6.94. The van der Waals surface area contributed by atoms with E-state index in [1.807, 2.05) is 17.3 Å². The van der Waals surface area contributed by atoms with Crippen LogP contribution in [-0.4, -0.2) is 40.1 Å². The van der Waals surface area contributed by atoms with Gasteiger partial charge >= 0.3 is 6.03 Å². The first-order valence-electron chi connectivity index (χ1n) is 8.32. The number of imidazole rings is 1. The van der Waals surface area contributed by atoms with Crippen LogP contribution in [0.3, 0.4) is 0 Å². The fraction of sp³-hybridized carbons (Fsp3) is 0.750. The van der Waals surface area contributed by atoms with Gasteiger partial charge in [0.2, 0.25) is 0 Å². The van der Waals surface area contributed by atoms with Crippen molar-refractivity contribution in [2.75, 3.05) is 19.6 Å². The molecule has 2 aliphatic heterocycles. The van der Waals surface area contributed by atoms with Crippen LogP contribution >= 0.6 is 0 Å². The Morgan fingerprint density at radius 1 is 1.24 bits per heavy atom. The normalized spacial score (nSPS) is 31.0. The Hall–Kier alpha value is -1.52. The van der Waals surface area contributed by atoms with E-state index < -0.39 is 0 Å². The molecule has 5 nitrogen and oxygen atoms in total. The van der Waals surface area contributed by atoms with Crippen LogP contribution in [0.2, 0.25) is 0 Å². The van der Waals surface area contributed by atoms with Crippen LogP contribution in [0.5, 0.6) is 0 Å². The lowest BCUT2D eigenvalue weighted by Gasteiger charge is -2.25. The number of hydrogen-bond donors (Lipinski definition) is 1. The number of aromatic nitrogens is 2. The Labute approximate surface area is 125 Å². The number of carbonyl (C=O) groups excluding carboxylic acids is 1. The average molecular weight is 288 g/mol. The molecule has 0 bridgehead atoms. The maximum Gasteiger partial charge on any atom is 0.317 e. The standard InChI is InChI=1S/C16H24N4O/c21-16(20-10-13-2-1-3-14(13)11-20)18-8-12-4-5-15-17-6-7-19(15)9-12/h6-7,12-14H,1-5,8-11H2,(H,18,21)/t12-,13-,14+/m1/s1. The van der Waals surface area contributed by atoms with E-state index in [-0.39, 0.29) is 6.03 Å². The van der Waals surface area contributed by atoms with Crippen molar-refractivity contribution in [3.05, 3.63) is 18.2 Å². The van der Waals surface area contributed by atoms with Crippen LogP contribution in [0, 0.1) is 17.8 Å². The number of nitrogens with zero attached hydrogens (tertiary/aromatic N) is 3. The number of urea groups is 1. The third kappa shape index (κ3) is 2.54. The molecule has 3 atom stereocenters. The number of amides is 2. The van der Waals surface area contributed by atoms with Gasteiger partial charge in [-0.2, -0.15) is 0 Å². The van der Waals surface area contributed by atoms with E-state index in [2.05, 4.69) is 14.9 Å². The molecule has 1 aliphatic carbocycles. The number of rotatable bonds is 2. The molecule has 5 heteroatoms. The molecule has 2 fully saturated rings. The van der Waals surface area contributed by atoms with Gasteiger partial charge in [-0.1, -0.05) is 6.42 Å². The summed E-state index contributed by atoms with van der Waals surface area (Å²) in [6, 6.07) is 0.154. The molecule has 0 radical (unpaired) electrons. The van der Waals surface area contributed by atoms with Gasteiger partial charge < -0.3 is 14.8 Å². The van der Waals surface area contributed by atoms with E-state index in [1.165, 1.54) is 25.1 Å². The van der Waals surface area contributed by atoms with E-state index in [4.69, 9.17) is 0 Å². The van der Waals surface area contributed by atoms with Crippen molar-refractivity contribution < 1.29 is 4.79 Å². The summed E-state index contributed by atoms with van der Waals surface area (Å²) in [6.07, 6.45) is 10.1. The molecule has 1 aromatic rings. The summed E-state index contributed by atoms with van der Waals surface area (Å²) in [5.41, 5.74) is 0. The number of nitrogens with one attached hydrogen (secondary N) is 1. The van der Waals surface area contributed by atoms with Crippen LogP contribution in [0.4, 0.5) is 4.79 Å². The summed E-state index contributed by atoms with van der Waals surface area (Å²) in [4.78, 5) is 18.7. The molecular weight excluding hydrogens is 264 g/mol. The van der Waals surface area contributed by atoms with Gasteiger partial charge in [-0.25, -0.2) is 9.78 Å². The Bertz CT molecular complexity index is 514. The van der Waals surface area contributed by atoms with Crippen molar-refractivity contribution in [1.29, 1.82) is 0 Å². The fourth-order valence-electron chi connectivity index (χ4n) is 4.35. The molecule has 1 saturated heterocycles. The van der Waals surface area contributed by atoms with Gasteiger partial charge in [-0.05, 0) is 37.0 Å². The molecule has 114 valence electrons. The number of hydrogen-bond acceptors (Lipinski definition) is 2. The molecule has 21 heavy (non-hydrogen) atoms. The highest BCUT2D eigenvalue weighted by atomic mass is 16.2. The van der Waals surface area contributed by atoms with Gasteiger partial charge in [0.1, 0.15) is 5.82 Å². The summed E-state index contributed by atoms with van der Waals surface area (Å²) >= 11 is 0. The number of aryl methyl sites for hydroxylation is 1. The van der Waals surface area contributed by atoms with Crippen molar-refractivity contribution in [3.8, 4) is 0 Å². The molecule has 1 N–H and O–H groups in total. The third-order valence-electron chi connectivity index (χ3n) is 5.59. The van der Waals surface area contributed by atoms with Gasteiger partial charge in [0.05, 0.1) is 0 Å². The summed E-state index contributed by atoms with van der Waals surface area (Å²) in [5, 5.41) is 3.16. The minimum atomic E-state index is 0.154. The zero-order chi connectivity index (χ0) is 14.2. The molecule has 0 unspecified atom stereocenters. The Morgan fingerprint density at radius 3 is 2.86 bits per heavy atom. The molecule has 0 aromatic carbocycles. The molecule has 3 heterocycles. The summed E-state index contributed by atoms with van der Waals surface area (Å²) < 4.78 is 2.22. The molecule has 3 aliphatic rings. The van der Waals surface area contributed by atoms with Crippen molar-refractivity contribution >= 4 is 6.03 Å². The minimum absolute atomic E-state index is 0.154. The van der Waals surface area contributed by atoms with E-state index in [9.17, 15) is 4.79 Å². The highest BCUT2D eigenvalue weighted by Crippen LogP contribution is 2.37. The lowest BCUT2D eigenvalue weighted by molar-refractivity contribution is 0.201. The van der Waals surface area contributed by atoms with Gasteiger partial charge in [0.25, 0.3) is 0 Å². The Balaban J connectivity index is 1.27. The van der Waals surface area contributed by atoms with Crippen molar-refractivity contribution in [2.45, 2.75) is 38.6 Å². The largest absolute Gasteiger partial charge is 0.338 e. The van der Waals surface area contributed by atoms with Crippen molar-refractivity contribution in [1.82, 2.24) is 19.8 Å². The maximum absolute atomic E-state index is 12.3. The van der Waals surface area contributed by atoms with Crippen LogP contribution in [-0.2, 0) is 13.0 Å². The summed E-state index contributed by atoms with van der Waals surface area (Å²) in [7, 11) is 0. The summed E-state index contributed by atoms with van der Waals surface area (Å²) in [6.45, 7) is 3.74. The molecule has 4 rings (SSSR count). The zero-order valence-corrected chi connectivity index (χ0v) is 12.5. The lowest BCUT2D eigenvalue weighted by Crippen LogP contribution is -2.42. The predicted octanol–water partition coefficient (Wildman–Crippen LogP) is 1.89. The monoisotopic (exact) mass is 288 g/mol. The fourth-order valence-corrected chi connectivity index (χ4v) is 4.35. The predicted molar refractivity (Wildman–Crippen MR) is 79.8 cm³/mol. The third-order valence-corrected chi connectivity index (χ3v) is 5.59. The SMILES string of the molecule is O=C(NC[C@H]1CCc2nccn2C1)N1C[C@H]2CCC[C@H]2C1. The van der Waals surface area contributed by atoms with Crippen LogP contribution in [0.25, 0.3) is 0 Å². The van der Waals surface area contributed by atoms with E-state index >= 15 is 0 Å². The zero-order valence-electron chi connectivity index (χ0n) is 12.5. The topological polar surface area (TPSA) is 50.2 Å². The van der Waals surface area contributed by atoms with Gasteiger partial charge in [0.15, 0.2) is 0 Å². The minimum Gasteiger partial charge on any atom is -0.338 e. The summed E-state index contributed by atoms with van der Waals surface area (Å²) in [5.74, 6) is 3.28. The van der Waals surface area contributed by atoms with Gasteiger partial charge in [0, 0.05) is 45.0 Å². The smallest absolute Gasteiger partial charge is 0.317 e. The van der Waals surface area contributed by atoms with Crippen molar-refractivity contribution in [2.24, 2.45) is 17.8 Å².